The molecule has 0 radical (unpaired) electrons. The van der Waals surface area contributed by atoms with E-state index in [1.807, 2.05) is 13.8 Å². The lowest BCUT2D eigenvalue weighted by atomic mass is 10.1. The number of aliphatic imine (C=N–C) groups is 1. The van der Waals surface area contributed by atoms with E-state index in [4.69, 9.17) is 11.6 Å². The Bertz CT molecular complexity index is 1060. The molecule has 0 aliphatic carbocycles. The second-order valence-corrected chi connectivity index (χ2v) is 7.37. The molecule has 1 amide bonds. The average molecular weight is 432 g/mol. The van der Waals surface area contributed by atoms with Gasteiger partial charge in [-0.2, -0.15) is 5.10 Å². The molecule has 0 fully saturated rings. The highest BCUT2D eigenvalue weighted by atomic mass is 35.5. The fourth-order valence-corrected chi connectivity index (χ4v) is 2.60. The van der Waals surface area contributed by atoms with Gasteiger partial charge in [0.25, 0.3) is 5.91 Å². The van der Waals surface area contributed by atoms with Crippen molar-refractivity contribution in [3.05, 3.63) is 70.8 Å². The predicted octanol–water partition coefficient (Wildman–Crippen LogP) is 4.86. The third-order valence-electron chi connectivity index (χ3n) is 4.01. The van der Waals surface area contributed by atoms with E-state index in [-0.39, 0.29) is 28.3 Å². The Kier molecular flexibility index (Phi) is 6.79. The normalized spacial score (nSPS) is 11.6. The van der Waals surface area contributed by atoms with Crippen molar-refractivity contribution in [3.63, 3.8) is 0 Å². The molecule has 156 valence electrons. The molecule has 6 nitrogen and oxygen atoms in total. The zero-order chi connectivity index (χ0) is 21.7. The molecule has 0 saturated heterocycles. The van der Waals surface area contributed by atoms with Crippen LogP contribution in [0.1, 0.15) is 24.2 Å². The van der Waals surface area contributed by atoms with Crippen LogP contribution in [0, 0.1) is 17.6 Å². The minimum Gasteiger partial charge on any atom is -0.309 e. The van der Waals surface area contributed by atoms with Gasteiger partial charge in [-0.1, -0.05) is 25.4 Å². The maximum Gasteiger partial charge on any atom is 0.258 e. The SMILES string of the molecule is CC(C)CN=C(NC(=O)c1ccc(Cl)c(F)c1)Nc1cc(-c2ccc(F)cc2)[nH]n1. The Labute approximate surface area is 177 Å². The molecule has 9 heteroatoms. The van der Waals surface area contributed by atoms with Gasteiger partial charge >= 0.3 is 0 Å². The Morgan fingerprint density at radius 3 is 2.57 bits per heavy atom. The van der Waals surface area contributed by atoms with Gasteiger partial charge in [-0.05, 0) is 53.9 Å². The van der Waals surface area contributed by atoms with Gasteiger partial charge < -0.3 is 5.32 Å². The molecule has 1 aromatic heterocycles. The van der Waals surface area contributed by atoms with E-state index in [2.05, 4.69) is 25.8 Å². The van der Waals surface area contributed by atoms with Crippen molar-refractivity contribution in [2.75, 3.05) is 11.9 Å². The van der Waals surface area contributed by atoms with Gasteiger partial charge in [0.2, 0.25) is 5.96 Å². The van der Waals surface area contributed by atoms with Gasteiger partial charge in [0.1, 0.15) is 11.6 Å². The lowest BCUT2D eigenvalue weighted by Crippen LogP contribution is -2.36. The number of carbonyl (C=O) groups excluding carboxylic acids is 1. The standard InChI is InChI=1S/C21H20ClF2N5O/c1-12(2)11-25-21(27-20(30)14-5-8-16(22)17(24)9-14)26-19-10-18(28-29-19)13-3-6-15(23)7-4-13/h3-10,12H,11H2,1-2H3,(H3,25,26,27,28,29,30). The summed E-state index contributed by atoms with van der Waals surface area (Å²) in [7, 11) is 0. The molecule has 0 spiro atoms. The van der Waals surface area contributed by atoms with Crippen LogP contribution in [-0.2, 0) is 0 Å². The fraction of sp³-hybridized carbons (Fsp3) is 0.190. The summed E-state index contributed by atoms with van der Waals surface area (Å²) in [5, 5.41) is 12.5. The van der Waals surface area contributed by atoms with Crippen LogP contribution in [0.5, 0.6) is 0 Å². The minimum absolute atomic E-state index is 0.0665. The highest BCUT2D eigenvalue weighted by Gasteiger charge is 2.13. The van der Waals surface area contributed by atoms with E-state index in [1.54, 1.807) is 18.2 Å². The highest BCUT2D eigenvalue weighted by molar-refractivity contribution is 6.30. The van der Waals surface area contributed by atoms with Gasteiger partial charge in [0.15, 0.2) is 5.82 Å². The number of halogens is 3. The second-order valence-electron chi connectivity index (χ2n) is 6.96. The zero-order valence-electron chi connectivity index (χ0n) is 16.3. The molecule has 3 aromatic rings. The summed E-state index contributed by atoms with van der Waals surface area (Å²) in [5.41, 5.74) is 1.51. The molecule has 0 aliphatic heterocycles. The monoisotopic (exact) mass is 431 g/mol. The summed E-state index contributed by atoms with van der Waals surface area (Å²) in [6.45, 7) is 4.42. The van der Waals surface area contributed by atoms with Crippen LogP contribution >= 0.6 is 11.6 Å². The van der Waals surface area contributed by atoms with Crippen LogP contribution < -0.4 is 10.6 Å². The summed E-state index contributed by atoms with van der Waals surface area (Å²) >= 11 is 5.67. The number of aromatic amines is 1. The van der Waals surface area contributed by atoms with Crippen molar-refractivity contribution in [3.8, 4) is 11.3 Å². The number of guanidine groups is 1. The zero-order valence-corrected chi connectivity index (χ0v) is 17.1. The molecular weight excluding hydrogens is 412 g/mol. The number of nitrogens with zero attached hydrogens (tertiary/aromatic N) is 2. The number of carbonyl (C=O) groups is 1. The van der Waals surface area contributed by atoms with Gasteiger partial charge in [0, 0.05) is 18.2 Å². The van der Waals surface area contributed by atoms with Crippen molar-refractivity contribution < 1.29 is 13.6 Å². The van der Waals surface area contributed by atoms with Crippen molar-refractivity contribution >= 4 is 29.3 Å². The van der Waals surface area contributed by atoms with E-state index in [1.165, 1.54) is 24.3 Å². The van der Waals surface area contributed by atoms with E-state index >= 15 is 0 Å². The maximum atomic E-state index is 13.7. The quantitative estimate of drug-likeness (QED) is 0.398. The largest absolute Gasteiger partial charge is 0.309 e. The van der Waals surface area contributed by atoms with Crippen molar-refractivity contribution in [2.24, 2.45) is 10.9 Å². The molecule has 0 saturated carbocycles. The van der Waals surface area contributed by atoms with Gasteiger partial charge in [-0.15, -0.1) is 0 Å². The van der Waals surface area contributed by atoms with Crippen molar-refractivity contribution in [1.82, 2.24) is 15.5 Å². The summed E-state index contributed by atoms with van der Waals surface area (Å²) in [6.07, 6.45) is 0. The van der Waals surface area contributed by atoms with E-state index in [9.17, 15) is 13.6 Å². The molecule has 0 atom stereocenters. The smallest absolute Gasteiger partial charge is 0.258 e. The van der Waals surface area contributed by atoms with Crippen molar-refractivity contribution in [2.45, 2.75) is 13.8 Å². The molecule has 30 heavy (non-hydrogen) atoms. The molecule has 0 aliphatic rings. The Balaban J connectivity index is 1.77. The molecule has 3 rings (SSSR count). The first-order valence-electron chi connectivity index (χ1n) is 9.21. The summed E-state index contributed by atoms with van der Waals surface area (Å²) in [4.78, 5) is 16.9. The third kappa shape index (κ3) is 5.64. The molecule has 3 N–H and O–H groups in total. The number of amides is 1. The summed E-state index contributed by atoms with van der Waals surface area (Å²) in [6, 6.07) is 11.4. The molecule has 0 unspecified atom stereocenters. The van der Waals surface area contributed by atoms with E-state index < -0.39 is 11.7 Å². The fourth-order valence-electron chi connectivity index (χ4n) is 2.49. The first-order chi connectivity index (χ1) is 14.3. The summed E-state index contributed by atoms with van der Waals surface area (Å²) in [5.74, 6) is -0.744. The number of hydrogen-bond acceptors (Lipinski definition) is 3. The number of anilines is 1. The maximum absolute atomic E-state index is 13.7. The first kappa shape index (κ1) is 21.4. The topological polar surface area (TPSA) is 82.2 Å². The Hall–Kier alpha value is -3.26. The second kappa shape index (κ2) is 9.49. The number of hydrogen-bond donors (Lipinski definition) is 3. The minimum atomic E-state index is -0.686. The Morgan fingerprint density at radius 1 is 1.17 bits per heavy atom. The molecule has 1 heterocycles. The van der Waals surface area contributed by atoms with Crippen LogP contribution in [0.2, 0.25) is 5.02 Å². The van der Waals surface area contributed by atoms with Gasteiger partial charge in [0.05, 0.1) is 10.7 Å². The van der Waals surface area contributed by atoms with Crippen LogP contribution in [0.4, 0.5) is 14.6 Å². The van der Waals surface area contributed by atoms with Crippen LogP contribution in [-0.4, -0.2) is 28.6 Å². The van der Waals surface area contributed by atoms with E-state index in [0.29, 0.717) is 18.1 Å². The van der Waals surface area contributed by atoms with E-state index in [0.717, 1.165) is 11.6 Å². The molecule has 0 bridgehead atoms. The Morgan fingerprint density at radius 2 is 1.90 bits per heavy atom. The first-order valence-corrected chi connectivity index (χ1v) is 9.59. The lowest BCUT2D eigenvalue weighted by Gasteiger charge is -2.11. The number of benzene rings is 2. The number of aromatic nitrogens is 2. The molecule has 2 aromatic carbocycles. The van der Waals surface area contributed by atoms with Gasteiger partial charge in [-0.3, -0.25) is 20.2 Å². The van der Waals surface area contributed by atoms with Gasteiger partial charge in [-0.25, -0.2) is 8.78 Å². The summed E-state index contributed by atoms with van der Waals surface area (Å²) < 4.78 is 26.8. The molecular formula is C21H20ClF2N5O. The number of H-pyrrole nitrogens is 1. The predicted molar refractivity (Wildman–Crippen MR) is 114 cm³/mol. The average Bonchev–Trinajstić information content (AvgIpc) is 3.17. The third-order valence-corrected chi connectivity index (χ3v) is 4.31. The highest BCUT2D eigenvalue weighted by Crippen LogP contribution is 2.20. The van der Waals surface area contributed by atoms with Crippen LogP contribution in [0.15, 0.2) is 53.5 Å². The van der Waals surface area contributed by atoms with Crippen molar-refractivity contribution in [1.29, 1.82) is 0 Å². The van der Waals surface area contributed by atoms with Crippen LogP contribution in [0.25, 0.3) is 11.3 Å². The number of nitrogens with one attached hydrogen (secondary N) is 3. The van der Waals surface area contributed by atoms with Crippen LogP contribution in [0.3, 0.4) is 0 Å². The number of rotatable bonds is 5. The lowest BCUT2D eigenvalue weighted by molar-refractivity contribution is 0.0976.